The highest BCUT2D eigenvalue weighted by atomic mass is 35.5. The number of halogens is 1. The number of carbonyl (C=O) groups excluding carboxylic acids is 1. The van der Waals surface area contributed by atoms with Gasteiger partial charge < -0.3 is 9.84 Å². The monoisotopic (exact) mass is 315 g/mol. The first-order chi connectivity index (χ1) is 9.27. The largest absolute Gasteiger partial charge is 0.351 e. The predicted molar refractivity (Wildman–Crippen MR) is 72.0 cm³/mol. The standard InChI is InChI=1S/C11H10ClN3O4S/c1-6-4-10(19-15-6)11(16)14-9-3-2-7(5-8(9)12)20(13,17)18/h2-5H,1H3,(H,14,16)(H2,13,17,18). The number of hydrogen-bond acceptors (Lipinski definition) is 5. The van der Waals surface area contributed by atoms with E-state index in [1.165, 1.54) is 18.2 Å². The maximum atomic E-state index is 11.8. The summed E-state index contributed by atoms with van der Waals surface area (Å²) in [5.74, 6) is -0.523. The molecule has 2 rings (SSSR count). The molecule has 2 aromatic rings. The van der Waals surface area contributed by atoms with Crippen molar-refractivity contribution < 1.29 is 17.7 Å². The Morgan fingerprint density at radius 1 is 1.40 bits per heavy atom. The second-order valence-corrected chi connectivity index (χ2v) is 5.94. The van der Waals surface area contributed by atoms with Crippen molar-refractivity contribution in [3.63, 3.8) is 0 Å². The van der Waals surface area contributed by atoms with Crippen LogP contribution in [0.2, 0.25) is 5.02 Å². The van der Waals surface area contributed by atoms with Crippen LogP contribution in [0.5, 0.6) is 0 Å². The minimum absolute atomic E-state index is 0.0223. The van der Waals surface area contributed by atoms with Crippen LogP contribution >= 0.6 is 11.6 Å². The number of rotatable bonds is 3. The van der Waals surface area contributed by atoms with Crippen molar-refractivity contribution in [3.8, 4) is 0 Å². The average Bonchev–Trinajstić information content (AvgIpc) is 2.77. The highest BCUT2D eigenvalue weighted by Gasteiger charge is 2.15. The lowest BCUT2D eigenvalue weighted by atomic mass is 10.3. The van der Waals surface area contributed by atoms with Crippen molar-refractivity contribution >= 4 is 33.2 Å². The minimum atomic E-state index is -3.85. The molecule has 0 spiro atoms. The molecule has 0 bridgehead atoms. The van der Waals surface area contributed by atoms with Crippen molar-refractivity contribution in [1.82, 2.24) is 5.16 Å². The molecule has 3 N–H and O–H groups in total. The van der Waals surface area contributed by atoms with Gasteiger partial charge in [-0.2, -0.15) is 0 Å². The Labute approximate surface area is 119 Å². The van der Waals surface area contributed by atoms with E-state index in [0.29, 0.717) is 5.69 Å². The number of anilines is 1. The van der Waals surface area contributed by atoms with Gasteiger partial charge in [-0.15, -0.1) is 0 Å². The van der Waals surface area contributed by atoms with E-state index in [-0.39, 0.29) is 21.4 Å². The molecule has 0 radical (unpaired) electrons. The minimum Gasteiger partial charge on any atom is -0.351 e. The van der Waals surface area contributed by atoms with Crippen molar-refractivity contribution in [1.29, 1.82) is 0 Å². The number of aryl methyl sites for hydroxylation is 1. The third-order valence-corrected chi connectivity index (χ3v) is 3.59. The highest BCUT2D eigenvalue weighted by Crippen LogP contribution is 2.25. The normalized spacial score (nSPS) is 11.3. The number of benzene rings is 1. The van der Waals surface area contributed by atoms with E-state index in [1.807, 2.05) is 0 Å². The van der Waals surface area contributed by atoms with E-state index in [9.17, 15) is 13.2 Å². The molecule has 0 aliphatic heterocycles. The zero-order valence-corrected chi connectivity index (χ0v) is 11.8. The molecule has 0 saturated heterocycles. The van der Waals surface area contributed by atoms with Gasteiger partial charge in [0.1, 0.15) is 0 Å². The highest BCUT2D eigenvalue weighted by molar-refractivity contribution is 7.89. The fraction of sp³-hybridized carbons (Fsp3) is 0.0909. The Balaban J connectivity index is 2.25. The molecule has 106 valence electrons. The van der Waals surface area contributed by atoms with Crippen LogP contribution < -0.4 is 10.5 Å². The smallest absolute Gasteiger partial charge is 0.294 e. The van der Waals surface area contributed by atoms with Gasteiger partial charge in [0.25, 0.3) is 5.91 Å². The van der Waals surface area contributed by atoms with Gasteiger partial charge in [0.15, 0.2) is 0 Å². The topological polar surface area (TPSA) is 115 Å². The third kappa shape index (κ3) is 3.16. The maximum absolute atomic E-state index is 11.8. The molecule has 0 atom stereocenters. The number of nitrogens with two attached hydrogens (primary N) is 1. The van der Waals surface area contributed by atoms with Crippen molar-refractivity contribution in [2.45, 2.75) is 11.8 Å². The molecule has 20 heavy (non-hydrogen) atoms. The summed E-state index contributed by atoms with van der Waals surface area (Å²) in [6.07, 6.45) is 0. The number of hydrogen-bond donors (Lipinski definition) is 2. The number of aromatic nitrogens is 1. The molecule has 1 aromatic carbocycles. The van der Waals surface area contributed by atoms with Crippen LogP contribution in [0.15, 0.2) is 33.7 Å². The number of primary sulfonamides is 1. The second kappa shape index (κ2) is 5.23. The third-order valence-electron chi connectivity index (χ3n) is 2.37. The Hall–Kier alpha value is -1.90. The average molecular weight is 316 g/mol. The van der Waals surface area contributed by atoms with Gasteiger partial charge in [0.05, 0.1) is 21.3 Å². The van der Waals surface area contributed by atoms with Gasteiger partial charge in [-0.05, 0) is 25.1 Å². The van der Waals surface area contributed by atoms with Crippen LogP contribution in [0, 0.1) is 6.92 Å². The van der Waals surface area contributed by atoms with Gasteiger partial charge in [0, 0.05) is 6.07 Å². The molecular formula is C11H10ClN3O4S. The molecule has 1 heterocycles. The van der Waals surface area contributed by atoms with Crippen LogP contribution in [0.25, 0.3) is 0 Å². The van der Waals surface area contributed by atoms with Gasteiger partial charge >= 0.3 is 0 Å². The lowest BCUT2D eigenvalue weighted by Gasteiger charge is -2.06. The Morgan fingerprint density at radius 2 is 2.10 bits per heavy atom. The number of nitrogens with one attached hydrogen (secondary N) is 1. The molecule has 0 aliphatic carbocycles. The number of sulfonamides is 1. The summed E-state index contributed by atoms with van der Waals surface area (Å²) in [5, 5.41) is 11.1. The van der Waals surface area contributed by atoms with Crippen LogP contribution in [-0.4, -0.2) is 19.5 Å². The first-order valence-corrected chi connectivity index (χ1v) is 7.27. The summed E-state index contributed by atoms with van der Waals surface area (Å²) in [7, 11) is -3.85. The second-order valence-electron chi connectivity index (χ2n) is 3.97. The van der Waals surface area contributed by atoms with Crippen molar-refractivity contribution in [3.05, 3.63) is 40.7 Å². The van der Waals surface area contributed by atoms with Crippen LogP contribution in [0.1, 0.15) is 16.2 Å². The first-order valence-electron chi connectivity index (χ1n) is 5.34. The summed E-state index contributed by atoms with van der Waals surface area (Å²) in [4.78, 5) is 11.7. The quantitative estimate of drug-likeness (QED) is 0.891. The lowest BCUT2D eigenvalue weighted by Crippen LogP contribution is -2.14. The Morgan fingerprint density at radius 3 is 2.60 bits per heavy atom. The summed E-state index contributed by atoms with van der Waals surface area (Å²) in [6, 6.07) is 5.19. The van der Waals surface area contributed by atoms with E-state index in [4.69, 9.17) is 21.3 Å². The molecule has 9 heteroatoms. The fourth-order valence-corrected chi connectivity index (χ4v) is 2.26. The Bertz CT molecular complexity index is 770. The Kier molecular flexibility index (Phi) is 3.80. The SMILES string of the molecule is Cc1cc(C(=O)Nc2ccc(S(N)(=O)=O)cc2Cl)on1. The van der Waals surface area contributed by atoms with Gasteiger partial charge in [-0.1, -0.05) is 16.8 Å². The van der Waals surface area contributed by atoms with E-state index in [1.54, 1.807) is 6.92 Å². The molecule has 1 amide bonds. The van der Waals surface area contributed by atoms with Crippen LogP contribution in [-0.2, 0) is 10.0 Å². The fourth-order valence-electron chi connectivity index (χ4n) is 1.43. The first kappa shape index (κ1) is 14.5. The van der Waals surface area contributed by atoms with Crippen molar-refractivity contribution in [2.24, 2.45) is 5.14 Å². The van der Waals surface area contributed by atoms with Gasteiger partial charge in [0.2, 0.25) is 15.8 Å². The van der Waals surface area contributed by atoms with E-state index in [2.05, 4.69) is 10.5 Å². The molecular weight excluding hydrogens is 306 g/mol. The summed E-state index contributed by atoms with van der Waals surface area (Å²) in [5.41, 5.74) is 0.795. The van der Waals surface area contributed by atoms with Crippen molar-refractivity contribution in [2.75, 3.05) is 5.32 Å². The number of carbonyl (C=O) groups is 1. The van der Waals surface area contributed by atoms with Crippen LogP contribution in [0.4, 0.5) is 5.69 Å². The zero-order valence-electron chi connectivity index (χ0n) is 10.3. The number of nitrogens with zero attached hydrogens (tertiary/aromatic N) is 1. The van der Waals surface area contributed by atoms with Gasteiger partial charge in [-0.3, -0.25) is 4.79 Å². The summed E-state index contributed by atoms with van der Waals surface area (Å²) >= 11 is 5.89. The number of amides is 1. The van der Waals surface area contributed by atoms with Gasteiger partial charge in [-0.25, -0.2) is 13.6 Å². The molecule has 0 saturated carbocycles. The molecule has 0 fully saturated rings. The summed E-state index contributed by atoms with van der Waals surface area (Å²) < 4.78 is 27.1. The zero-order chi connectivity index (χ0) is 14.9. The van der Waals surface area contributed by atoms with E-state index >= 15 is 0 Å². The molecule has 1 aromatic heterocycles. The lowest BCUT2D eigenvalue weighted by molar-refractivity contribution is 0.0988. The van der Waals surface area contributed by atoms with E-state index < -0.39 is 15.9 Å². The molecule has 7 nitrogen and oxygen atoms in total. The van der Waals surface area contributed by atoms with E-state index in [0.717, 1.165) is 6.07 Å². The summed E-state index contributed by atoms with van der Waals surface area (Å²) in [6.45, 7) is 1.67. The molecule has 0 aliphatic rings. The predicted octanol–water partition coefficient (Wildman–Crippen LogP) is 1.54. The van der Waals surface area contributed by atoms with Crippen LogP contribution in [0.3, 0.4) is 0 Å². The maximum Gasteiger partial charge on any atom is 0.294 e. The molecule has 0 unspecified atom stereocenters.